The number of anilines is 1. The molecule has 0 aromatic heterocycles. The molecule has 1 fully saturated rings. The van der Waals surface area contributed by atoms with Crippen molar-refractivity contribution in [2.45, 2.75) is 25.9 Å². The standard InChI is InChI=1S/C29H29ClN4O2/c1-36-25-9-5-19(6-10-25)17-33-26-12-14-34(24-8-7-20-11-13-32-18-22(20)16-24)29(35)27(26)28(31)21-3-2-4-23(30)15-21/h2-10,15-16,32H,11-14,17-18,31H2,1H3/b28-27+,33-26?. The summed E-state index contributed by atoms with van der Waals surface area (Å²) in [6, 6.07) is 21.3. The summed E-state index contributed by atoms with van der Waals surface area (Å²) >= 11 is 6.24. The Morgan fingerprint density at radius 2 is 1.92 bits per heavy atom. The van der Waals surface area contributed by atoms with Crippen LogP contribution in [-0.4, -0.2) is 31.8 Å². The fourth-order valence-electron chi connectivity index (χ4n) is 4.73. The number of fused-ring (bicyclic) bond motifs is 1. The number of nitrogens with one attached hydrogen (secondary N) is 1. The number of halogens is 1. The van der Waals surface area contributed by atoms with E-state index in [1.54, 1.807) is 19.2 Å². The fourth-order valence-corrected chi connectivity index (χ4v) is 4.92. The molecule has 0 unspecified atom stereocenters. The highest BCUT2D eigenvalue weighted by Crippen LogP contribution is 2.30. The first-order chi connectivity index (χ1) is 17.5. The van der Waals surface area contributed by atoms with E-state index < -0.39 is 0 Å². The van der Waals surface area contributed by atoms with Gasteiger partial charge in [0.1, 0.15) is 5.75 Å². The Morgan fingerprint density at radius 3 is 2.69 bits per heavy atom. The second-order valence-electron chi connectivity index (χ2n) is 9.00. The molecule has 0 spiro atoms. The molecule has 6 nitrogen and oxygen atoms in total. The molecule has 2 aliphatic rings. The number of nitrogens with zero attached hydrogens (tertiary/aromatic N) is 2. The Labute approximate surface area is 216 Å². The molecule has 3 aromatic carbocycles. The maximum absolute atomic E-state index is 13.9. The van der Waals surface area contributed by atoms with Crippen molar-refractivity contribution < 1.29 is 9.53 Å². The molecule has 1 saturated heterocycles. The molecule has 2 aliphatic heterocycles. The predicted molar refractivity (Wildman–Crippen MR) is 146 cm³/mol. The summed E-state index contributed by atoms with van der Waals surface area (Å²) in [5.74, 6) is 0.650. The minimum Gasteiger partial charge on any atom is -0.497 e. The van der Waals surface area contributed by atoms with Gasteiger partial charge in [-0.1, -0.05) is 41.9 Å². The smallest absolute Gasteiger partial charge is 0.262 e. The lowest BCUT2D eigenvalue weighted by Crippen LogP contribution is -2.42. The van der Waals surface area contributed by atoms with Gasteiger partial charge in [0, 0.05) is 30.2 Å². The minimum absolute atomic E-state index is 0.143. The monoisotopic (exact) mass is 500 g/mol. The Kier molecular flexibility index (Phi) is 7.07. The zero-order valence-electron chi connectivity index (χ0n) is 20.3. The van der Waals surface area contributed by atoms with Crippen LogP contribution >= 0.6 is 11.6 Å². The van der Waals surface area contributed by atoms with Crippen molar-refractivity contribution >= 4 is 34.6 Å². The Balaban J connectivity index is 1.51. The van der Waals surface area contributed by atoms with Gasteiger partial charge in [-0.15, -0.1) is 0 Å². The minimum atomic E-state index is -0.143. The SMILES string of the molecule is COc1ccc(CN=C2CCN(c3ccc4c(c3)CNCC4)C(=O)/C2=C(/N)c2cccc(Cl)c2)cc1. The van der Waals surface area contributed by atoms with Crippen molar-refractivity contribution in [3.8, 4) is 5.75 Å². The van der Waals surface area contributed by atoms with Gasteiger partial charge >= 0.3 is 0 Å². The quantitative estimate of drug-likeness (QED) is 0.496. The topological polar surface area (TPSA) is 80.0 Å². The number of carbonyl (C=O) groups excluding carboxylic acids is 1. The number of benzene rings is 3. The van der Waals surface area contributed by atoms with Crippen LogP contribution in [0.4, 0.5) is 5.69 Å². The first-order valence-corrected chi connectivity index (χ1v) is 12.5. The van der Waals surface area contributed by atoms with Crippen molar-refractivity contribution in [3.63, 3.8) is 0 Å². The van der Waals surface area contributed by atoms with Gasteiger partial charge in [-0.05, 0) is 71.6 Å². The van der Waals surface area contributed by atoms with Crippen molar-refractivity contribution in [1.29, 1.82) is 0 Å². The third kappa shape index (κ3) is 5.01. The highest BCUT2D eigenvalue weighted by molar-refractivity contribution is 6.33. The van der Waals surface area contributed by atoms with E-state index in [4.69, 9.17) is 27.1 Å². The molecule has 0 bridgehead atoms. The molecule has 2 heterocycles. The summed E-state index contributed by atoms with van der Waals surface area (Å²) in [4.78, 5) is 20.6. The van der Waals surface area contributed by atoms with Crippen LogP contribution in [-0.2, 0) is 24.3 Å². The van der Waals surface area contributed by atoms with Crippen LogP contribution in [0, 0.1) is 0 Å². The highest BCUT2D eigenvalue weighted by Gasteiger charge is 2.32. The fraction of sp³-hybridized carbons (Fsp3) is 0.241. The zero-order valence-corrected chi connectivity index (χ0v) is 21.0. The molecule has 3 N–H and O–H groups in total. The maximum Gasteiger partial charge on any atom is 0.262 e. The number of methoxy groups -OCH3 is 1. The van der Waals surface area contributed by atoms with E-state index in [1.165, 1.54) is 11.1 Å². The van der Waals surface area contributed by atoms with Crippen LogP contribution in [0.15, 0.2) is 77.3 Å². The lowest BCUT2D eigenvalue weighted by Gasteiger charge is -2.31. The van der Waals surface area contributed by atoms with E-state index in [0.717, 1.165) is 36.5 Å². The van der Waals surface area contributed by atoms with Crippen LogP contribution < -0.4 is 20.7 Å². The molecular formula is C29H29ClN4O2. The summed E-state index contributed by atoms with van der Waals surface area (Å²) < 4.78 is 5.25. The van der Waals surface area contributed by atoms with E-state index >= 15 is 0 Å². The number of piperidine rings is 1. The van der Waals surface area contributed by atoms with Gasteiger partial charge in [0.15, 0.2) is 0 Å². The molecule has 0 aliphatic carbocycles. The first-order valence-electron chi connectivity index (χ1n) is 12.1. The summed E-state index contributed by atoms with van der Waals surface area (Å²) in [5.41, 5.74) is 13.4. The lowest BCUT2D eigenvalue weighted by molar-refractivity contribution is -0.114. The molecule has 36 heavy (non-hydrogen) atoms. The van der Waals surface area contributed by atoms with E-state index in [1.807, 2.05) is 47.4 Å². The molecule has 0 saturated carbocycles. The third-order valence-electron chi connectivity index (χ3n) is 6.72. The Bertz CT molecular complexity index is 1350. The molecule has 0 radical (unpaired) electrons. The van der Waals surface area contributed by atoms with Gasteiger partial charge in [0.2, 0.25) is 0 Å². The van der Waals surface area contributed by atoms with Gasteiger partial charge in [-0.25, -0.2) is 0 Å². The van der Waals surface area contributed by atoms with Crippen molar-refractivity contribution in [2.24, 2.45) is 10.7 Å². The average molecular weight is 501 g/mol. The average Bonchev–Trinajstić information content (AvgIpc) is 2.91. The van der Waals surface area contributed by atoms with E-state index in [9.17, 15) is 4.79 Å². The first kappa shape index (κ1) is 24.1. The molecule has 0 atom stereocenters. The molecule has 184 valence electrons. The molecule has 1 amide bonds. The Hall–Kier alpha value is -3.61. The summed E-state index contributed by atoms with van der Waals surface area (Å²) in [6.45, 7) is 2.78. The summed E-state index contributed by atoms with van der Waals surface area (Å²) in [6.07, 6.45) is 1.60. The number of rotatable bonds is 5. The molecular weight excluding hydrogens is 472 g/mol. The van der Waals surface area contributed by atoms with Gasteiger partial charge in [-0.3, -0.25) is 9.79 Å². The Morgan fingerprint density at radius 1 is 1.08 bits per heavy atom. The normalized spacial score (nSPS) is 18.2. The van der Waals surface area contributed by atoms with Crippen molar-refractivity contribution in [1.82, 2.24) is 5.32 Å². The van der Waals surface area contributed by atoms with Gasteiger partial charge in [-0.2, -0.15) is 0 Å². The van der Waals surface area contributed by atoms with Gasteiger partial charge < -0.3 is 20.7 Å². The van der Waals surface area contributed by atoms with Crippen LogP contribution in [0.2, 0.25) is 5.02 Å². The highest BCUT2D eigenvalue weighted by atomic mass is 35.5. The van der Waals surface area contributed by atoms with Crippen LogP contribution in [0.3, 0.4) is 0 Å². The number of aliphatic imine (C=N–C) groups is 1. The zero-order chi connectivity index (χ0) is 25.1. The number of hydrogen-bond acceptors (Lipinski definition) is 5. The second-order valence-corrected chi connectivity index (χ2v) is 9.43. The number of hydrogen-bond donors (Lipinski definition) is 2. The van der Waals surface area contributed by atoms with Crippen molar-refractivity contribution in [3.05, 3.63) is 99.6 Å². The van der Waals surface area contributed by atoms with Gasteiger partial charge in [0.05, 0.1) is 30.6 Å². The number of amides is 1. The van der Waals surface area contributed by atoms with E-state index in [2.05, 4.69) is 17.4 Å². The van der Waals surface area contributed by atoms with Crippen LogP contribution in [0.25, 0.3) is 5.70 Å². The third-order valence-corrected chi connectivity index (χ3v) is 6.96. The second kappa shape index (κ2) is 10.6. The molecule has 7 heteroatoms. The maximum atomic E-state index is 13.9. The van der Waals surface area contributed by atoms with Crippen molar-refractivity contribution in [2.75, 3.05) is 25.1 Å². The van der Waals surface area contributed by atoms with E-state index in [0.29, 0.717) is 47.1 Å². The number of carbonyl (C=O) groups is 1. The van der Waals surface area contributed by atoms with Gasteiger partial charge in [0.25, 0.3) is 5.91 Å². The predicted octanol–water partition coefficient (Wildman–Crippen LogP) is 4.74. The molecule has 3 aromatic rings. The molecule has 5 rings (SSSR count). The van der Waals surface area contributed by atoms with E-state index in [-0.39, 0.29) is 5.91 Å². The van der Waals surface area contributed by atoms with Crippen LogP contribution in [0.5, 0.6) is 5.75 Å². The summed E-state index contributed by atoms with van der Waals surface area (Å²) in [7, 11) is 1.64. The largest absolute Gasteiger partial charge is 0.497 e. The van der Waals surface area contributed by atoms with Crippen LogP contribution in [0.1, 0.15) is 28.7 Å². The number of ether oxygens (including phenoxy) is 1. The number of nitrogens with two attached hydrogens (primary N) is 1. The summed E-state index contributed by atoms with van der Waals surface area (Å²) in [5, 5.41) is 3.98. The lowest BCUT2D eigenvalue weighted by atomic mass is 9.94.